The van der Waals surface area contributed by atoms with Gasteiger partial charge >= 0.3 is 16.3 Å². The van der Waals surface area contributed by atoms with Crippen molar-refractivity contribution >= 4 is 50.3 Å². The van der Waals surface area contributed by atoms with Gasteiger partial charge < -0.3 is 31.3 Å². The molecule has 0 spiro atoms. The summed E-state index contributed by atoms with van der Waals surface area (Å²) in [7, 11) is -4.96. The van der Waals surface area contributed by atoms with E-state index in [1.165, 1.54) is 25.3 Å². The number of nitrogen functional groups attached to an aromatic ring is 1. The molecule has 7 N–H and O–H groups in total. The molecule has 0 aliphatic carbocycles. The molecule has 18 heteroatoms. The van der Waals surface area contributed by atoms with Gasteiger partial charge in [0.25, 0.3) is 11.8 Å². The summed E-state index contributed by atoms with van der Waals surface area (Å²) in [4.78, 5) is 45.7. The molecule has 1 aliphatic rings. The van der Waals surface area contributed by atoms with E-state index in [1.54, 1.807) is 0 Å². The molecule has 2 aromatic heterocycles. The predicted octanol–water partition coefficient (Wildman–Crippen LogP) is -1.50. The number of carboxylic acid groups (broad SMARTS) is 1. The minimum Gasteiger partial charge on any atom is -0.478 e. The van der Waals surface area contributed by atoms with Gasteiger partial charge in [0.05, 0.1) is 18.3 Å². The number of nitrogens with one attached hydrogen (secondary N) is 1. The van der Waals surface area contributed by atoms with E-state index >= 15 is 0 Å². The first-order chi connectivity index (χ1) is 16.2. The van der Waals surface area contributed by atoms with Crippen molar-refractivity contribution in [2.24, 2.45) is 10.9 Å². The molecule has 2 atom stereocenters. The third kappa shape index (κ3) is 5.56. The number of hydrogen-bond donors (Lipinski definition) is 5. The van der Waals surface area contributed by atoms with Crippen LogP contribution in [-0.4, -0.2) is 73.7 Å². The second-order valence-corrected chi connectivity index (χ2v) is 9.92. The predicted molar refractivity (Wildman–Crippen MR) is 118 cm³/mol. The Morgan fingerprint density at radius 3 is 2.63 bits per heavy atom. The van der Waals surface area contributed by atoms with Crippen molar-refractivity contribution in [3.63, 3.8) is 0 Å². The Balaban J connectivity index is 1.89. The molecule has 1 fully saturated rings. The largest absolute Gasteiger partial charge is 0.478 e. The quantitative estimate of drug-likeness (QED) is 0.101. The lowest BCUT2D eigenvalue weighted by Gasteiger charge is -2.43. The highest BCUT2D eigenvalue weighted by atomic mass is 32.2. The van der Waals surface area contributed by atoms with E-state index in [-0.39, 0.29) is 33.8 Å². The van der Waals surface area contributed by atoms with Crippen LogP contribution >= 0.6 is 11.3 Å². The van der Waals surface area contributed by atoms with Gasteiger partial charge in [-0.3, -0.25) is 14.1 Å². The minimum atomic E-state index is -4.96. The number of nitrogens with zero attached hydrogens (tertiary/aromatic N) is 4. The van der Waals surface area contributed by atoms with Gasteiger partial charge in [-0.25, -0.2) is 14.1 Å². The van der Waals surface area contributed by atoms with Crippen LogP contribution in [0.3, 0.4) is 0 Å². The number of hydrogen-bond acceptors (Lipinski definition) is 13. The molecule has 16 nitrogen and oxygen atoms in total. The number of amides is 2. The highest BCUT2D eigenvalue weighted by Crippen LogP contribution is 2.27. The van der Waals surface area contributed by atoms with Crippen LogP contribution in [0.2, 0.25) is 0 Å². The van der Waals surface area contributed by atoms with Crippen LogP contribution in [0.15, 0.2) is 21.1 Å². The highest BCUT2D eigenvalue weighted by molar-refractivity contribution is 7.84. The zero-order valence-corrected chi connectivity index (χ0v) is 19.9. The first-order valence-electron chi connectivity index (χ1n) is 9.71. The van der Waals surface area contributed by atoms with Crippen LogP contribution in [0.4, 0.5) is 5.13 Å². The maximum atomic E-state index is 13.0. The molecule has 2 unspecified atom stereocenters. The molecular formula is C17H21N7O9S2. The zero-order valence-electron chi connectivity index (χ0n) is 18.2. The van der Waals surface area contributed by atoms with Gasteiger partial charge in [-0.2, -0.15) is 8.42 Å². The van der Waals surface area contributed by atoms with Crippen LogP contribution in [0.1, 0.15) is 31.0 Å². The van der Waals surface area contributed by atoms with Gasteiger partial charge in [-0.15, -0.1) is 11.3 Å². The maximum Gasteiger partial charge on any atom is 0.362 e. The van der Waals surface area contributed by atoms with Gasteiger partial charge in [0.15, 0.2) is 16.6 Å². The standard InChI is InChI=1S/C17H21N7O9S2/c1-17(2,15(27)28)33-23-11(9-6-34-16(19)20-9)13(25)21-12-10(24(14(12)26)35(29,30)31)4-7-3-8(5-18)32-22-7/h3,6,10,12H,4-5,18H2,1-2H3,(H2,19,20)(H,21,25)(H,27,28)(H,29,30,31). The Kier molecular flexibility index (Phi) is 7.11. The Morgan fingerprint density at radius 2 is 2.11 bits per heavy atom. The number of anilines is 1. The molecular weight excluding hydrogens is 510 g/mol. The van der Waals surface area contributed by atoms with Crippen molar-refractivity contribution in [3.05, 3.63) is 28.6 Å². The van der Waals surface area contributed by atoms with E-state index in [9.17, 15) is 32.5 Å². The lowest BCUT2D eigenvalue weighted by Crippen LogP contribution is -2.73. The van der Waals surface area contributed by atoms with Crippen LogP contribution < -0.4 is 16.8 Å². The van der Waals surface area contributed by atoms with E-state index in [0.29, 0.717) is 5.76 Å². The van der Waals surface area contributed by atoms with Crippen LogP contribution in [0.5, 0.6) is 0 Å². The van der Waals surface area contributed by atoms with Gasteiger partial charge in [0, 0.05) is 17.9 Å². The minimum absolute atomic E-state index is 0.0159. The van der Waals surface area contributed by atoms with Crippen molar-refractivity contribution in [2.45, 2.75) is 44.5 Å². The first kappa shape index (κ1) is 26.0. The van der Waals surface area contributed by atoms with Crippen molar-refractivity contribution in [1.29, 1.82) is 0 Å². The Bertz CT molecular complexity index is 1280. The van der Waals surface area contributed by atoms with E-state index in [0.717, 1.165) is 11.3 Å². The number of aliphatic carboxylic acids is 1. The number of carboxylic acids is 1. The summed E-state index contributed by atoms with van der Waals surface area (Å²) in [6.45, 7) is 2.39. The molecule has 3 heterocycles. The topological polar surface area (TPSA) is 254 Å². The molecule has 35 heavy (non-hydrogen) atoms. The van der Waals surface area contributed by atoms with E-state index < -0.39 is 51.5 Å². The lowest BCUT2D eigenvalue weighted by molar-refractivity contribution is -0.161. The molecule has 0 aromatic carbocycles. The number of thiazole rings is 1. The number of rotatable bonds is 10. The number of nitrogens with two attached hydrogens (primary N) is 2. The average Bonchev–Trinajstić information content (AvgIpc) is 3.39. The molecule has 1 saturated heterocycles. The smallest absolute Gasteiger partial charge is 0.362 e. The van der Waals surface area contributed by atoms with E-state index in [2.05, 4.69) is 20.6 Å². The van der Waals surface area contributed by atoms with Gasteiger partial charge in [0.2, 0.25) is 5.60 Å². The third-order valence-corrected chi connectivity index (χ3v) is 6.41. The molecule has 190 valence electrons. The molecule has 3 rings (SSSR count). The van der Waals surface area contributed by atoms with Crippen molar-refractivity contribution in [3.8, 4) is 0 Å². The normalized spacial score (nSPS) is 18.8. The van der Waals surface area contributed by atoms with E-state index in [4.69, 9.17) is 20.8 Å². The third-order valence-electron chi connectivity index (χ3n) is 4.79. The summed E-state index contributed by atoms with van der Waals surface area (Å²) in [6.07, 6.45) is -0.224. The molecule has 0 saturated carbocycles. The second kappa shape index (κ2) is 9.56. The molecule has 2 aromatic rings. The van der Waals surface area contributed by atoms with Crippen LogP contribution in [0, 0.1) is 0 Å². The molecule has 0 radical (unpaired) electrons. The summed E-state index contributed by atoms with van der Waals surface area (Å²) in [6, 6.07) is -1.28. The van der Waals surface area contributed by atoms with Crippen molar-refractivity contribution in [2.75, 3.05) is 5.73 Å². The van der Waals surface area contributed by atoms with Crippen molar-refractivity contribution < 1.29 is 41.8 Å². The number of carbonyl (C=O) groups is 3. The molecule has 1 aliphatic heterocycles. The highest BCUT2D eigenvalue weighted by Gasteiger charge is 2.54. The summed E-state index contributed by atoms with van der Waals surface area (Å²) >= 11 is 0.957. The van der Waals surface area contributed by atoms with Crippen LogP contribution in [-0.2, 0) is 42.5 Å². The fraction of sp³-hybridized carbons (Fsp3) is 0.412. The van der Waals surface area contributed by atoms with Crippen molar-refractivity contribution in [1.82, 2.24) is 19.8 Å². The second-order valence-electron chi connectivity index (χ2n) is 7.74. The average molecular weight is 532 g/mol. The summed E-state index contributed by atoms with van der Waals surface area (Å²) in [5.41, 5.74) is 8.85. The summed E-state index contributed by atoms with van der Waals surface area (Å²) in [5, 5.41) is 20.3. The van der Waals surface area contributed by atoms with Gasteiger partial charge in [-0.05, 0) is 13.8 Å². The SMILES string of the molecule is CC(C)(ON=C(C(=O)NC1C(=O)N(S(=O)(=O)O)C1Cc1cc(CN)on1)c1csc(N)n1)C(=O)O. The Labute approximate surface area is 201 Å². The lowest BCUT2D eigenvalue weighted by atomic mass is 9.93. The number of aromatic nitrogens is 2. The maximum absolute atomic E-state index is 13.0. The fourth-order valence-corrected chi connectivity index (χ4v) is 4.36. The number of carbonyl (C=O) groups excluding carboxylic acids is 2. The molecule has 2 amide bonds. The Morgan fingerprint density at radius 1 is 1.43 bits per heavy atom. The molecule has 0 bridgehead atoms. The Hall–Kier alpha value is -3.61. The van der Waals surface area contributed by atoms with Gasteiger partial charge in [-0.1, -0.05) is 10.3 Å². The summed E-state index contributed by atoms with van der Waals surface area (Å²) < 4.78 is 38.0. The fourth-order valence-electron chi connectivity index (χ4n) is 2.93. The summed E-state index contributed by atoms with van der Waals surface area (Å²) in [5.74, 6) is -3.25. The monoisotopic (exact) mass is 531 g/mol. The van der Waals surface area contributed by atoms with Crippen LogP contribution in [0.25, 0.3) is 0 Å². The number of oxime groups is 1. The van der Waals surface area contributed by atoms with E-state index in [1.807, 2.05) is 0 Å². The zero-order chi connectivity index (χ0) is 26.1. The first-order valence-corrected chi connectivity index (χ1v) is 12.0. The number of β-lactam (4-membered cyclic amide) rings is 1. The van der Waals surface area contributed by atoms with Gasteiger partial charge in [0.1, 0.15) is 11.7 Å².